The molecule has 0 radical (unpaired) electrons. The van der Waals surface area contributed by atoms with Gasteiger partial charge in [-0.3, -0.25) is 9.69 Å². The molecule has 1 aromatic carbocycles. The molecule has 2 aliphatic rings. The minimum atomic E-state index is -2.20. The standard InChI is InChI=1S/C21H26ClN3O3Si/c1-13-15(9-8-14(12-23)17(13)22)25-18(26)21(5)16(10-11-24(21)19(25)27)28-29(6,7)20(2,3)4/h8-10H,11H2,1-7H3. The molecule has 6 nitrogen and oxygen atoms in total. The van der Waals surface area contributed by atoms with E-state index in [0.29, 0.717) is 29.1 Å². The lowest BCUT2D eigenvalue weighted by Crippen LogP contribution is -2.49. The molecule has 1 atom stereocenters. The second-order valence-corrected chi connectivity index (χ2v) is 14.3. The highest BCUT2D eigenvalue weighted by Crippen LogP contribution is 2.46. The number of carbonyl (C=O) groups is 2. The summed E-state index contributed by atoms with van der Waals surface area (Å²) in [6.07, 6.45) is 1.84. The van der Waals surface area contributed by atoms with Gasteiger partial charge in [-0.1, -0.05) is 32.4 Å². The molecule has 1 fully saturated rings. The Labute approximate surface area is 177 Å². The third kappa shape index (κ3) is 2.97. The van der Waals surface area contributed by atoms with Crippen molar-refractivity contribution in [3.8, 4) is 6.07 Å². The Morgan fingerprint density at radius 3 is 2.45 bits per heavy atom. The predicted molar refractivity (Wildman–Crippen MR) is 115 cm³/mol. The van der Waals surface area contributed by atoms with E-state index in [1.165, 1.54) is 11.0 Å². The Balaban J connectivity index is 2.02. The Morgan fingerprint density at radius 1 is 1.28 bits per heavy atom. The van der Waals surface area contributed by atoms with E-state index in [0.717, 1.165) is 4.90 Å². The second-order valence-electron chi connectivity index (χ2n) is 9.22. The van der Waals surface area contributed by atoms with Crippen LogP contribution in [0.2, 0.25) is 23.2 Å². The molecule has 2 heterocycles. The fraction of sp³-hybridized carbons (Fsp3) is 0.476. The Hall–Kier alpha value is -2.30. The van der Waals surface area contributed by atoms with Crippen molar-refractivity contribution in [1.82, 2.24) is 4.90 Å². The van der Waals surface area contributed by atoms with Gasteiger partial charge in [-0.2, -0.15) is 5.26 Å². The average molecular weight is 432 g/mol. The molecule has 1 unspecified atom stereocenters. The number of hydrogen-bond donors (Lipinski definition) is 0. The molecule has 29 heavy (non-hydrogen) atoms. The number of nitriles is 1. The van der Waals surface area contributed by atoms with Crippen LogP contribution in [-0.4, -0.2) is 37.2 Å². The van der Waals surface area contributed by atoms with Crippen molar-refractivity contribution in [3.63, 3.8) is 0 Å². The molecular formula is C21H26ClN3O3Si. The SMILES string of the molecule is Cc1c(N2C(=O)N3CC=C(O[Si](C)(C)C(C)(C)C)C3(C)C2=O)ccc(C#N)c1Cl. The van der Waals surface area contributed by atoms with Crippen LogP contribution in [0.15, 0.2) is 24.0 Å². The summed E-state index contributed by atoms with van der Waals surface area (Å²) in [5.41, 5.74) is 0.0410. The maximum absolute atomic E-state index is 13.5. The summed E-state index contributed by atoms with van der Waals surface area (Å²) >= 11 is 6.28. The van der Waals surface area contributed by atoms with Gasteiger partial charge < -0.3 is 4.43 Å². The highest BCUT2D eigenvalue weighted by molar-refractivity contribution is 6.74. The summed E-state index contributed by atoms with van der Waals surface area (Å²) in [5, 5.41) is 9.38. The van der Waals surface area contributed by atoms with E-state index in [2.05, 4.69) is 33.9 Å². The Bertz CT molecular complexity index is 990. The number of anilines is 1. The molecule has 2 aliphatic heterocycles. The first-order chi connectivity index (χ1) is 13.3. The molecule has 3 amide bonds. The van der Waals surface area contributed by atoms with Gasteiger partial charge in [0, 0.05) is 6.54 Å². The van der Waals surface area contributed by atoms with Gasteiger partial charge in [-0.15, -0.1) is 0 Å². The largest absolute Gasteiger partial charge is 0.545 e. The third-order valence-corrected chi connectivity index (χ3v) is 11.2. The van der Waals surface area contributed by atoms with Crippen molar-refractivity contribution in [3.05, 3.63) is 40.1 Å². The smallest absolute Gasteiger partial charge is 0.332 e. The molecule has 0 aliphatic carbocycles. The van der Waals surface area contributed by atoms with Crippen molar-refractivity contribution < 1.29 is 14.0 Å². The van der Waals surface area contributed by atoms with E-state index in [1.54, 1.807) is 19.9 Å². The van der Waals surface area contributed by atoms with Crippen LogP contribution >= 0.6 is 11.6 Å². The number of benzene rings is 1. The van der Waals surface area contributed by atoms with Gasteiger partial charge >= 0.3 is 6.03 Å². The summed E-state index contributed by atoms with van der Waals surface area (Å²) in [6, 6.07) is 4.73. The summed E-state index contributed by atoms with van der Waals surface area (Å²) in [4.78, 5) is 29.4. The van der Waals surface area contributed by atoms with Crippen LogP contribution in [0.25, 0.3) is 0 Å². The number of halogens is 1. The van der Waals surface area contributed by atoms with Gasteiger partial charge in [0.25, 0.3) is 5.91 Å². The molecule has 0 spiro atoms. The number of fused-ring (bicyclic) bond motifs is 1. The van der Waals surface area contributed by atoms with Gasteiger partial charge in [-0.25, -0.2) is 9.69 Å². The summed E-state index contributed by atoms with van der Waals surface area (Å²) < 4.78 is 6.46. The van der Waals surface area contributed by atoms with Crippen molar-refractivity contribution in [2.24, 2.45) is 0 Å². The fourth-order valence-corrected chi connectivity index (χ4v) is 4.73. The number of amides is 3. The van der Waals surface area contributed by atoms with Gasteiger partial charge in [0.1, 0.15) is 11.8 Å². The highest BCUT2D eigenvalue weighted by atomic mass is 35.5. The molecule has 0 aromatic heterocycles. The summed E-state index contributed by atoms with van der Waals surface area (Å²) in [6.45, 7) is 14.4. The third-order valence-electron chi connectivity index (χ3n) is 6.41. The number of rotatable bonds is 3. The van der Waals surface area contributed by atoms with Crippen molar-refractivity contribution in [2.75, 3.05) is 11.4 Å². The van der Waals surface area contributed by atoms with E-state index in [4.69, 9.17) is 16.0 Å². The quantitative estimate of drug-likeness (QED) is 0.500. The predicted octanol–water partition coefficient (Wildman–Crippen LogP) is 4.97. The molecule has 0 saturated carbocycles. The van der Waals surface area contributed by atoms with E-state index >= 15 is 0 Å². The van der Waals surface area contributed by atoms with Crippen LogP contribution in [-0.2, 0) is 9.22 Å². The van der Waals surface area contributed by atoms with Crippen LogP contribution in [0.3, 0.4) is 0 Å². The second kappa shape index (κ2) is 6.61. The van der Waals surface area contributed by atoms with E-state index in [9.17, 15) is 14.9 Å². The van der Waals surface area contributed by atoms with Crippen molar-refractivity contribution in [1.29, 1.82) is 5.26 Å². The van der Waals surface area contributed by atoms with Gasteiger partial charge in [0.2, 0.25) is 8.32 Å². The van der Waals surface area contributed by atoms with Gasteiger partial charge in [-0.05, 0) is 55.8 Å². The van der Waals surface area contributed by atoms with Crippen molar-refractivity contribution in [2.45, 2.75) is 58.3 Å². The zero-order valence-corrected chi connectivity index (χ0v) is 19.6. The van der Waals surface area contributed by atoms with Gasteiger partial charge in [0.15, 0.2) is 5.54 Å². The number of urea groups is 1. The van der Waals surface area contributed by atoms with Crippen LogP contribution < -0.4 is 4.90 Å². The molecule has 1 aromatic rings. The fourth-order valence-electron chi connectivity index (χ4n) is 3.39. The molecule has 1 saturated heterocycles. The maximum atomic E-state index is 13.5. The zero-order chi connectivity index (χ0) is 21.9. The lowest BCUT2D eigenvalue weighted by molar-refractivity contribution is -0.122. The average Bonchev–Trinajstić information content (AvgIpc) is 3.03. The minimum Gasteiger partial charge on any atom is -0.545 e. The molecular weight excluding hydrogens is 406 g/mol. The molecule has 0 N–H and O–H groups in total. The van der Waals surface area contributed by atoms with Crippen LogP contribution in [0.1, 0.15) is 38.8 Å². The summed E-state index contributed by atoms with van der Waals surface area (Å²) in [5.74, 6) is 0.177. The number of hydrogen-bond acceptors (Lipinski definition) is 4. The monoisotopic (exact) mass is 431 g/mol. The number of imide groups is 1. The molecule has 0 bridgehead atoms. The van der Waals surface area contributed by atoms with E-state index in [-0.39, 0.29) is 16.0 Å². The lowest BCUT2D eigenvalue weighted by atomic mass is 10.0. The van der Waals surface area contributed by atoms with Crippen LogP contribution in [0.4, 0.5) is 10.5 Å². The topological polar surface area (TPSA) is 73.6 Å². The number of nitrogens with zero attached hydrogens (tertiary/aromatic N) is 3. The molecule has 3 rings (SSSR count). The Kier molecular flexibility index (Phi) is 4.88. The van der Waals surface area contributed by atoms with Gasteiger partial charge in [0.05, 0.1) is 16.3 Å². The van der Waals surface area contributed by atoms with E-state index in [1.807, 2.05) is 12.1 Å². The summed E-state index contributed by atoms with van der Waals surface area (Å²) in [7, 11) is -2.20. The maximum Gasteiger partial charge on any atom is 0.332 e. The number of carbonyl (C=O) groups excluding carboxylic acids is 2. The van der Waals surface area contributed by atoms with Crippen LogP contribution in [0, 0.1) is 18.3 Å². The zero-order valence-electron chi connectivity index (χ0n) is 17.9. The highest BCUT2D eigenvalue weighted by Gasteiger charge is 2.61. The minimum absolute atomic E-state index is 0.0415. The lowest BCUT2D eigenvalue weighted by Gasteiger charge is -2.40. The van der Waals surface area contributed by atoms with Crippen LogP contribution in [0.5, 0.6) is 0 Å². The first-order valence-electron chi connectivity index (χ1n) is 9.52. The first-order valence-corrected chi connectivity index (χ1v) is 12.8. The normalized spacial score (nSPS) is 22.0. The Morgan fingerprint density at radius 2 is 1.90 bits per heavy atom. The molecule has 8 heteroatoms. The van der Waals surface area contributed by atoms with Crippen molar-refractivity contribution >= 4 is 37.5 Å². The molecule has 154 valence electrons. The first kappa shape index (κ1) is 21.4. The van der Waals surface area contributed by atoms with E-state index < -0.39 is 19.9 Å².